The van der Waals surface area contributed by atoms with Gasteiger partial charge in [0.2, 0.25) is 5.82 Å². The van der Waals surface area contributed by atoms with Crippen LogP contribution in [-0.4, -0.2) is 32.9 Å². The predicted octanol–water partition coefficient (Wildman–Crippen LogP) is 4.20. The lowest BCUT2D eigenvalue weighted by Gasteiger charge is -2.04. The summed E-state index contributed by atoms with van der Waals surface area (Å²) in [7, 11) is 1.51. The molecule has 31 heavy (non-hydrogen) atoms. The van der Waals surface area contributed by atoms with Gasteiger partial charge in [-0.1, -0.05) is 5.16 Å². The number of nitriles is 1. The predicted molar refractivity (Wildman–Crippen MR) is 112 cm³/mol. The highest BCUT2D eigenvalue weighted by atomic mass is 16.5. The molecule has 0 saturated carbocycles. The normalized spacial score (nSPS) is 15.0. The summed E-state index contributed by atoms with van der Waals surface area (Å²) in [5.41, 5.74) is 3.96. The number of carbonyl (C=O) groups is 1. The van der Waals surface area contributed by atoms with Crippen molar-refractivity contribution in [3.8, 4) is 34.7 Å². The molecule has 8 nitrogen and oxygen atoms in total. The fourth-order valence-electron chi connectivity index (χ4n) is 4.26. The topological polar surface area (TPSA) is 114 Å². The highest BCUT2D eigenvalue weighted by Crippen LogP contribution is 2.37. The Balaban J connectivity index is 1.48. The smallest absolute Gasteiger partial charge is 0.304 e. The van der Waals surface area contributed by atoms with Crippen molar-refractivity contribution in [3.05, 3.63) is 53.7 Å². The molecule has 0 aliphatic carbocycles. The number of hydrogen-bond donors (Lipinski definition) is 1. The number of carboxylic acid groups (broad SMARTS) is 1. The molecule has 5 rings (SSSR count). The Labute approximate surface area is 177 Å². The molecule has 0 fully saturated rings. The third-order valence-corrected chi connectivity index (χ3v) is 5.72. The van der Waals surface area contributed by atoms with E-state index < -0.39 is 5.97 Å². The molecule has 1 aliphatic heterocycles. The fourth-order valence-corrected chi connectivity index (χ4v) is 4.26. The molecule has 0 radical (unpaired) electrons. The first-order valence-corrected chi connectivity index (χ1v) is 9.85. The average molecular weight is 414 g/mol. The van der Waals surface area contributed by atoms with Gasteiger partial charge in [0.25, 0.3) is 5.89 Å². The summed E-state index contributed by atoms with van der Waals surface area (Å²) >= 11 is 0. The van der Waals surface area contributed by atoms with Crippen molar-refractivity contribution < 1.29 is 19.2 Å². The van der Waals surface area contributed by atoms with Crippen LogP contribution in [0.15, 0.2) is 47.0 Å². The van der Waals surface area contributed by atoms with Crippen molar-refractivity contribution in [1.82, 2.24) is 14.7 Å². The van der Waals surface area contributed by atoms with Gasteiger partial charge in [-0.25, -0.2) is 0 Å². The van der Waals surface area contributed by atoms with Gasteiger partial charge in [0.1, 0.15) is 11.8 Å². The Hall–Kier alpha value is -4.12. The van der Waals surface area contributed by atoms with Gasteiger partial charge in [-0.3, -0.25) is 4.79 Å². The Morgan fingerprint density at radius 1 is 1.29 bits per heavy atom. The lowest BCUT2D eigenvalue weighted by atomic mass is 10.0. The minimum Gasteiger partial charge on any atom is -0.495 e. The molecule has 0 spiro atoms. The van der Waals surface area contributed by atoms with E-state index in [9.17, 15) is 10.1 Å². The van der Waals surface area contributed by atoms with E-state index in [1.807, 2.05) is 18.2 Å². The van der Waals surface area contributed by atoms with E-state index in [0.29, 0.717) is 28.6 Å². The molecule has 1 unspecified atom stereocenters. The maximum absolute atomic E-state index is 11.2. The van der Waals surface area contributed by atoms with Crippen molar-refractivity contribution >= 4 is 16.9 Å². The molecule has 1 N–H and O–H groups in total. The van der Waals surface area contributed by atoms with Gasteiger partial charge < -0.3 is 18.9 Å². The molecule has 1 aliphatic rings. The molecule has 0 amide bonds. The number of methoxy groups -OCH3 is 1. The number of nitrogens with zero attached hydrogens (tertiary/aromatic N) is 4. The lowest BCUT2D eigenvalue weighted by molar-refractivity contribution is -0.137. The van der Waals surface area contributed by atoms with Crippen molar-refractivity contribution in [3.63, 3.8) is 0 Å². The molecule has 2 aromatic carbocycles. The summed E-state index contributed by atoms with van der Waals surface area (Å²) in [6.45, 7) is 0.821. The second-order valence-corrected chi connectivity index (χ2v) is 7.53. The SMILES string of the molecule is COc1ccc(-c2nc(-c3ccc4c(c3)cc3n4CCC3CC(=O)O)no2)cc1C#N. The fraction of sp³-hybridized carbons (Fsp3) is 0.217. The van der Waals surface area contributed by atoms with Crippen molar-refractivity contribution in [2.24, 2.45) is 0 Å². The summed E-state index contributed by atoms with van der Waals surface area (Å²) in [4.78, 5) is 15.6. The molecule has 154 valence electrons. The van der Waals surface area contributed by atoms with Crippen LogP contribution in [-0.2, 0) is 11.3 Å². The van der Waals surface area contributed by atoms with E-state index in [1.165, 1.54) is 7.11 Å². The first-order chi connectivity index (χ1) is 15.1. The summed E-state index contributed by atoms with van der Waals surface area (Å²) in [6.07, 6.45) is 0.990. The van der Waals surface area contributed by atoms with Crippen LogP contribution in [0.5, 0.6) is 5.75 Å². The van der Waals surface area contributed by atoms with E-state index in [1.54, 1.807) is 18.2 Å². The Morgan fingerprint density at radius 2 is 2.13 bits per heavy atom. The maximum atomic E-state index is 11.2. The number of benzene rings is 2. The molecule has 8 heteroatoms. The molecule has 1 atom stereocenters. The zero-order chi connectivity index (χ0) is 21.5. The Kier molecular flexibility index (Phi) is 4.44. The quantitative estimate of drug-likeness (QED) is 0.520. The number of fused-ring (bicyclic) bond motifs is 3. The number of hydrogen-bond acceptors (Lipinski definition) is 6. The third kappa shape index (κ3) is 3.20. The minimum atomic E-state index is -0.776. The van der Waals surface area contributed by atoms with Crippen LogP contribution in [0.2, 0.25) is 0 Å². The number of ether oxygens (including phenoxy) is 1. The van der Waals surface area contributed by atoms with E-state index in [-0.39, 0.29) is 12.3 Å². The van der Waals surface area contributed by atoms with Crippen LogP contribution < -0.4 is 4.74 Å². The van der Waals surface area contributed by atoms with Gasteiger partial charge in [-0.2, -0.15) is 10.2 Å². The minimum absolute atomic E-state index is 0.0366. The molecule has 0 bridgehead atoms. The van der Waals surface area contributed by atoms with Crippen LogP contribution in [0.1, 0.15) is 30.0 Å². The van der Waals surface area contributed by atoms with E-state index in [0.717, 1.165) is 35.1 Å². The van der Waals surface area contributed by atoms with E-state index in [4.69, 9.17) is 14.4 Å². The summed E-state index contributed by atoms with van der Waals surface area (Å²) in [6, 6.07) is 15.2. The van der Waals surface area contributed by atoms with Crippen molar-refractivity contribution in [1.29, 1.82) is 5.26 Å². The monoisotopic (exact) mass is 414 g/mol. The zero-order valence-electron chi connectivity index (χ0n) is 16.7. The molecule has 3 heterocycles. The van der Waals surface area contributed by atoms with Gasteiger partial charge in [0.15, 0.2) is 0 Å². The Bertz CT molecular complexity index is 1360. The molecule has 2 aromatic heterocycles. The number of aryl methyl sites for hydroxylation is 1. The van der Waals surface area contributed by atoms with E-state index in [2.05, 4.69) is 26.8 Å². The number of carboxylic acids is 1. The van der Waals surface area contributed by atoms with E-state index >= 15 is 0 Å². The Morgan fingerprint density at radius 3 is 2.90 bits per heavy atom. The van der Waals surface area contributed by atoms with Gasteiger partial charge >= 0.3 is 5.97 Å². The van der Waals surface area contributed by atoms with Crippen molar-refractivity contribution in [2.75, 3.05) is 7.11 Å². The largest absolute Gasteiger partial charge is 0.495 e. The second-order valence-electron chi connectivity index (χ2n) is 7.53. The first-order valence-electron chi connectivity index (χ1n) is 9.85. The average Bonchev–Trinajstić information content (AvgIpc) is 3.49. The van der Waals surface area contributed by atoms with Gasteiger partial charge in [-0.05, 0) is 48.9 Å². The molecular weight excluding hydrogens is 396 g/mol. The summed E-state index contributed by atoms with van der Waals surface area (Å²) in [5, 5.41) is 23.6. The van der Waals surface area contributed by atoms with Gasteiger partial charge in [0, 0.05) is 40.2 Å². The summed E-state index contributed by atoms with van der Waals surface area (Å²) in [5.74, 6) is 0.505. The summed E-state index contributed by atoms with van der Waals surface area (Å²) < 4.78 is 12.8. The van der Waals surface area contributed by atoms with Crippen LogP contribution >= 0.6 is 0 Å². The first kappa shape index (κ1) is 18.9. The van der Waals surface area contributed by atoms with Crippen molar-refractivity contribution in [2.45, 2.75) is 25.3 Å². The molecular formula is C23H18N4O4. The van der Waals surface area contributed by atoms with Crippen LogP contribution in [0.3, 0.4) is 0 Å². The second kappa shape index (κ2) is 7.29. The maximum Gasteiger partial charge on any atom is 0.304 e. The van der Waals surface area contributed by atoms with Gasteiger partial charge in [0.05, 0.1) is 19.1 Å². The van der Waals surface area contributed by atoms with Gasteiger partial charge in [-0.15, -0.1) is 0 Å². The molecule has 0 saturated heterocycles. The number of aliphatic carboxylic acids is 1. The van der Waals surface area contributed by atoms with Crippen LogP contribution in [0, 0.1) is 11.3 Å². The zero-order valence-corrected chi connectivity index (χ0v) is 16.7. The number of aromatic nitrogens is 3. The van der Waals surface area contributed by atoms with Crippen LogP contribution in [0.4, 0.5) is 0 Å². The molecule has 4 aromatic rings. The highest BCUT2D eigenvalue weighted by molar-refractivity contribution is 5.86. The van der Waals surface area contributed by atoms with Crippen LogP contribution in [0.25, 0.3) is 33.7 Å². The number of rotatable bonds is 5. The standard InChI is InChI=1S/C23H18N4O4/c1-30-20-5-3-15(9-17(20)12-24)23-25-22(26-31-23)14-2-4-18-16(8-14)10-19-13(11-21(28)29)6-7-27(18)19/h2-5,8-10,13H,6-7,11H2,1H3,(H,28,29). The highest BCUT2D eigenvalue weighted by Gasteiger charge is 2.27. The third-order valence-electron chi connectivity index (χ3n) is 5.72. The lowest BCUT2D eigenvalue weighted by Crippen LogP contribution is -2.02.